The van der Waals surface area contributed by atoms with Crippen LogP contribution in [0.15, 0.2) is 23.6 Å². The van der Waals surface area contributed by atoms with Gasteiger partial charge in [-0.25, -0.2) is 4.39 Å². The van der Waals surface area contributed by atoms with Crippen LogP contribution in [0.3, 0.4) is 0 Å². The average molecular weight is 154 g/mol. The molecular weight excluding hydrogens is 143 g/mol. The van der Waals surface area contributed by atoms with Gasteiger partial charge in [-0.05, 0) is 18.9 Å². The summed E-state index contributed by atoms with van der Waals surface area (Å²) in [5.74, 6) is -0.0686. The van der Waals surface area contributed by atoms with Crippen molar-refractivity contribution >= 4 is 0 Å². The zero-order chi connectivity index (χ0) is 7.68. The molecule has 0 aromatic carbocycles. The molecule has 2 aliphatic rings. The molecule has 11 heavy (non-hydrogen) atoms. The van der Waals surface area contributed by atoms with Crippen molar-refractivity contribution in [2.24, 2.45) is 0 Å². The van der Waals surface area contributed by atoms with Crippen molar-refractivity contribution in [1.82, 2.24) is 0 Å². The fourth-order valence-corrected chi connectivity index (χ4v) is 1.43. The lowest BCUT2D eigenvalue weighted by Gasteiger charge is -2.29. The van der Waals surface area contributed by atoms with E-state index in [1.54, 1.807) is 6.08 Å². The van der Waals surface area contributed by atoms with E-state index in [0.29, 0.717) is 0 Å². The summed E-state index contributed by atoms with van der Waals surface area (Å²) in [6.07, 6.45) is 6.44. The van der Waals surface area contributed by atoms with Crippen LogP contribution in [0.4, 0.5) is 4.39 Å². The molecule has 1 heterocycles. The molecule has 0 radical (unpaired) electrons. The predicted molar refractivity (Wildman–Crippen MR) is 40.9 cm³/mol. The third-order valence-corrected chi connectivity index (χ3v) is 2.18. The maximum atomic E-state index is 13.0. The molecule has 60 valence electrons. The van der Waals surface area contributed by atoms with Gasteiger partial charge in [0.05, 0.1) is 12.7 Å². The second-order valence-electron chi connectivity index (χ2n) is 2.94. The molecule has 0 bridgehead atoms. The van der Waals surface area contributed by atoms with Crippen LogP contribution < -0.4 is 0 Å². The lowest BCUT2D eigenvalue weighted by atomic mass is 9.97. The summed E-state index contributed by atoms with van der Waals surface area (Å²) in [4.78, 5) is 0. The van der Waals surface area contributed by atoms with E-state index in [2.05, 4.69) is 0 Å². The van der Waals surface area contributed by atoms with Crippen molar-refractivity contribution < 1.29 is 9.13 Å². The van der Waals surface area contributed by atoms with Crippen molar-refractivity contribution in [2.45, 2.75) is 25.4 Å². The molecule has 0 saturated carbocycles. The molecule has 1 fully saturated rings. The molecule has 0 aromatic heterocycles. The zero-order valence-corrected chi connectivity index (χ0v) is 6.35. The summed E-state index contributed by atoms with van der Waals surface area (Å²) in [5.41, 5.74) is 0.780. The van der Waals surface area contributed by atoms with Crippen LogP contribution in [0.25, 0.3) is 0 Å². The van der Waals surface area contributed by atoms with Gasteiger partial charge in [-0.15, -0.1) is 0 Å². The lowest BCUT2D eigenvalue weighted by Crippen LogP contribution is -2.29. The first kappa shape index (κ1) is 7.04. The Kier molecular flexibility index (Phi) is 1.78. The largest absolute Gasteiger partial charge is 0.373 e. The van der Waals surface area contributed by atoms with Gasteiger partial charge in [0, 0.05) is 12.0 Å². The van der Waals surface area contributed by atoms with Crippen molar-refractivity contribution in [1.29, 1.82) is 0 Å². The molecule has 1 atom stereocenters. The molecule has 0 amide bonds. The molecule has 2 heteroatoms. The lowest BCUT2D eigenvalue weighted by molar-refractivity contribution is -0.0263. The van der Waals surface area contributed by atoms with Crippen LogP contribution in [0, 0.1) is 0 Å². The zero-order valence-electron chi connectivity index (χ0n) is 6.35. The smallest absolute Gasteiger partial charge is 0.124 e. The average Bonchev–Trinajstić information content (AvgIpc) is 1.90. The van der Waals surface area contributed by atoms with E-state index in [9.17, 15) is 4.39 Å². The fourth-order valence-electron chi connectivity index (χ4n) is 1.43. The van der Waals surface area contributed by atoms with Crippen LogP contribution in [-0.2, 0) is 4.74 Å². The van der Waals surface area contributed by atoms with E-state index in [4.69, 9.17) is 4.74 Å². The number of hydrogen-bond acceptors (Lipinski definition) is 1. The Bertz CT molecular complexity index is 214. The highest BCUT2D eigenvalue weighted by Gasteiger charge is 2.25. The minimum atomic E-state index is -0.0686. The van der Waals surface area contributed by atoms with Crippen LogP contribution in [-0.4, -0.2) is 12.7 Å². The first-order valence-corrected chi connectivity index (χ1v) is 4.05. The van der Waals surface area contributed by atoms with Crippen molar-refractivity contribution in [2.75, 3.05) is 6.61 Å². The third-order valence-electron chi connectivity index (χ3n) is 2.18. The minimum absolute atomic E-state index is 0.0616. The van der Waals surface area contributed by atoms with Gasteiger partial charge >= 0.3 is 0 Å². The molecule has 0 N–H and O–H groups in total. The second-order valence-corrected chi connectivity index (χ2v) is 2.94. The van der Waals surface area contributed by atoms with Gasteiger partial charge < -0.3 is 4.74 Å². The predicted octanol–water partition coefficient (Wildman–Crippen LogP) is 2.35. The Morgan fingerprint density at radius 3 is 2.64 bits per heavy atom. The number of ether oxygens (including phenoxy) is 1. The molecule has 1 nitrogen and oxygen atoms in total. The molecular formula is C9H11FO. The molecule has 1 unspecified atom stereocenters. The maximum Gasteiger partial charge on any atom is 0.124 e. The van der Waals surface area contributed by atoms with E-state index >= 15 is 0 Å². The highest BCUT2D eigenvalue weighted by Crippen LogP contribution is 2.29. The summed E-state index contributed by atoms with van der Waals surface area (Å²) in [7, 11) is 0. The number of halogens is 1. The fraction of sp³-hybridized carbons (Fsp3) is 0.556. The first-order valence-electron chi connectivity index (χ1n) is 4.05. The van der Waals surface area contributed by atoms with Gasteiger partial charge in [0.25, 0.3) is 0 Å². The topological polar surface area (TPSA) is 9.23 Å². The highest BCUT2D eigenvalue weighted by atomic mass is 19.1. The Morgan fingerprint density at radius 2 is 2.09 bits per heavy atom. The Labute approximate surface area is 65.5 Å². The number of allylic oxidation sites excluding steroid dienone is 2. The van der Waals surface area contributed by atoms with Gasteiger partial charge in [0.2, 0.25) is 0 Å². The molecule has 0 spiro atoms. The molecule has 2 rings (SSSR count). The monoisotopic (exact) mass is 154 g/mol. The normalized spacial score (nSPS) is 30.5. The van der Waals surface area contributed by atoms with E-state index in [1.807, 2.05) is 6.08 Å². The third kappa shape index (κ3) is 1.23. The highest BCUT2D eigenvalue weighted by molar-refractivity contribution is 5.32. The maximum absolute atomic E-state index is 13.0. The van der Waals surface area contributed by atoms with Crippen LogP contribution in [0.1, 0.15) is 19.3 Å². The van der Waals surface area contributed by atoms with Gasteiger partial charge in [-0.2, -0.15) is 0 Å². The van der Waals surface area contributed by atoms with Crippen LogP contribution in [0.5, 0.6) is 0 Å². The Morgan fingerprint density at radius 1 is 1.36 bits per heavy atom. The minimum Gasteiger partial charge on any atom is -0.373 e. The van der Waals surface area contributed by atoms with Crippen molar-refractivity contribution in [3.8, 4) is 0 Å². The van der Waals surface area contributed by atoms with Crippen LogP contribution >= 0.6 is 0 Å². The van der Waals surface area contributed by atoms with Crippen LogP contribution in [0.2, 0.25) is 0 Å². The molecule has 0 aromatic rings. The Hall–Kier alpha value is -0.630. The SMILES string of the molecule is FC1=CCCC=C1C1CCO1. The first-order chi connectivity index (χ1) is 5.38. The summed E-state index contributed by atoms with van der Waals surface area (Å²) < 4.78 is 18.2. The molecule has 1 aliphatic heterocycles. The van der Waals surface area contributed by atoms with Gasteiger partial charge in [-0.1, -0.05) is 6.08 Å². The van der Waals surface area contributed by atoms with Crippen molar-refractivity contribution in [3.63, 3.8) is 0 Å². The second kappa shape index (κ2) is 2.78. The van der Waals surface area contributed by atoms with E-state index in [0.717, 1.165) is 31.4 Å². The number of hydrogen-bond donors (Lipinski definition) is 0. The standard InChI is InChI=1S/C9H11FO/c10-8-4-2-1-3-7(8)9-5-6-11-9/h3-4,9H,1-2,5-6H2. The van der Waals surface area contributed by atoms with E-state index < -0.39 is 0 Å². The summed E-state index contributed by atoms with van der Waals surface area (Å²) >= 11 is 0. The Balaban J connectivity index is 2.10. The number of rotatable bonds is 1. The quantitative estimate of drug-likeness (QED) is 0.563. The van der Waals surface area contributed by atoms with E-state index in [-0.39, 0.29) is 11.9 Å². The van der Waals surface area contributed by atoms with Gasteiger partial charge in [-0.3, -0.25) is 0 Å². The molecule has 1 aliphatic carbocycles. The van der Waals surface area contributed by atoms with Gasteiger partial charge in [0.1, 0.15) is 5.83 Å². The summed E-state index contributed by atoms with van der Waals surface area (Å²) in [6, 6.07) is 0. The van der Waals surface area contributed by atoms with Crippen molar-refractivity contribution in [3.05, 3.63) is 23.6 Å². The van der Waals surface area contributed by atoms with E-state index in [1.165, 1.54) is 0 Å². The molecule has 1 saturated heterocycles. The summed E-state index contributed by atoms with van der Waals surface area (Å²) in [5, 5.41) is 0. The summed E-state index contributed by atoms with van der Waals surface area (Å²) in [6.45, 7) is 0.787. The van der Waals surface area contributed by atoms with Gasteiger partial charge in [0.15, 0.2) is 0 Å².